The number of ether oxygens (including phenoxy) is 3. The summed E-state index contributed by atoms with van der Waals surface area (Å²) in [5, 5.41) is 7.79. The Labute approximate surface area is 169 Å². The molecule has 0 saturated heterocycles. The molecule has 0 atom stereocenters. The molecule has 1 amide bonds. The number of hydrogen-bond donors (Lipinski definition) is 1. The number of anilines is 1. The van der Waals surface area contributed by atoms with Crippen LogP contribution in [0.25, 0.3) is 5.69 Å². The van der Waals surface area contributed by atoms with Gasteiger partial charge >= 0.3 is 0 Å². The molecule has 0 radical (unpaired) electrons. The number of para-hydroxylation sites is 1. The van der Waals surface area contributed by atoms with Gasteiger partial charge in [-0.1, -0.05) is 18.2 Å². The molecule has 7 nitrogen and oxygen atoms in total. The van der Waals surface area contributed by atoms with Gasteiger partial charge in [-0.2, -0.15) is 5.10 Å². The van der Waals surface area contributed by atoms with E-state index in [1.807, 2.05) is 30.3 Å². The number of nitrogens with one attached hydrogen (secondary N) is 1. The highest BCUT2D eigenvalue weighted by Gasteiger charge is 2.25. The first kappa shape index (κ1) is 18.9. The van der Waals surface area contributed by atoms with Crippen LogP contribution >= 0.6 is 0 Å². The Morgan fingerprint density at radius 2 is 1.69 bits per heavy atom. The van der Waals surface area contributed by atoms with Gasteiger partial charge < -0.3 is 19.5 Å². The Morgan fingerprint density at radius 1 is 1.00 bits per heavy atom. The second-order valence-corrected chi connectivity index (χ2v) is 6.74. The number of aryl methyl sites for hydroxylation is 1. The van der Waals surface area contributed by atoms with Gasteiger partial charge in [0.2, 0.25) is 5.75 Å². The first-order valence-corrected chi connectivity index (χ1v) is 9.43. The molecular formula is C22H23N3O4. The molecule has 1 N–H and O–H groups in total. The van der Waals surface area contributed by atoms with E-state index in [2.05, 4.69) is 5.32 Å². The number of fused-ring (bicyclic) bond motifs is 1. The molecule has 0 fully saturated rings. The van der Waals surface area contributed by atoms with E-state index in [0.717, 1.165) is 36.2 Å². The predicted octanol–water partition coefficient (Wildman–Crippen LogP) is 3.64. The molecule has 1 aromatic heterocycles. The van der Waals surface area contributed by atoms with Crippen LogP contribution in [0.4, 0.5) is 5.82 Å². The lowest BCUT2D eigenvalue weighted by atomic mass is 10.1. The largest absolute Gasteiger partial charge is 0.493 e. The lowest BCUT2D eigenvalue weighted by Crippen LogP contribution is -2.16. The number of methoxy groups -OCH3 is 3. The summed E-state index contributed by atoms with van der Waals surface area (Å²) >= 11 is 0. The zero-order valence-electron chi connectivity index (χ0n) is 16.7. The lowest BCUT2D eigenvalue weighted by molar-refractivity contribution is 0.102. The molecule has 29 heavy (non-hydrogen) atoms. The fourth-order valence-corrected chi connectivity index (χ4v) is 3.67. The highest BCUT2D eigenvalue weighted by molar-refractivity contribution is 6.05. The number of carbonyl (C=O) groups is 1. The molecule has 7 heteroatoms. The lowest BCUT2D eigenvalue weighted by Gasteiger charge is -2.15. The van der Waals surface area contributed by atoms with Crippen LogP contribution in [-0.2, 0) is 12.8 Å². The monoisotopic (exact) mass is 393 g/mol. The summed E-state index contributed by atoms with van der Waals surface area (Å²) < 4.78 is 17.9. The van der Waals surface area contributed by atoms with Crippen molar-refractivity contribution in [2.75, 3.05) is 26.6 Å². The van der Waals surface area contributed by atoms with Gasteiger partial charge in [-0.15, -0.1) is 0 Å². The standard InChI is InChI=1S/C22H23N3O4/c1-27-18-12-14(13-19(28-2)20(18)29-3)22(26)23-21-16-10-7-11-17(16)24-25(21)15-8-5-4-6-9-15/h4-6,8-9,12-13H,7,10-11H2,1-3H3,(H,23,26). The Balaban J connectivity index is 1.73. The number of amides is 1. The van der Waals surface area contributed by atoms with Gasteiger partial charge in [0.15, 0.2) is 11.5 Å². The summed E-state index contributed by atoms with van der Waals surface area (Å²) in [6.07, 6.45) is 2.86. The van der Waals surface area contributed by atoms with Crippen LogP contribution in [0.1, 0.15) is 28.0 Å². The maximum atomic E-state index is 13.1. The van der Waals surface area contributed by atoms with Crippen LogP contribution in [0, 0.1) is 0 Å². The van der Waals surface area contributed by atoms with E-state index in [9.17, 15) is 4.79 Å². The van der Waals surface area contributed by atoms with Gasteiger partial charge in [0.05, 0.1) is 32.7 Å². The van der Waals surface area contributed by atoms with Gasteiger partial charge in [0, 0.05) is 11.1 Å². The topological polar surface area (TPSA) is 74.6 Å². The first-order chi connectivity index (χ1) is 14.2. The van der Waals surface area contributed by atoms with Gasteiger partial charge in [0.25, 0.3) is 5.91 Å². The van der Waals surface area contributed by atoms with E-state index in [0.29, 0.717) is 28.6 Å². The number of hydrogen-bond acceptors (Lipinski definition) is 5. The summed E-state index contributed by atoms with van der Waals surface area (Å²) in [6, 6.07) is 13.1. The summed E-state index contributed by atoms with van der Waals surface area (Å²) in [6.45, 7) is 0. The maximum Gasteiger partial charge on any atom is 0.257 e. The zero-order valence-corrected chi connectivity index (χ0v) is 16.7. The van der Waals surface area contributed by atoms with Crippen LogP contribution in [-0.4, -0.2) is 37.0 Å². The van der Waals surface area contributed by atoms with Gasteiger partial charge in [0.1, 0.15) is 5.82 Å². The Hall–Kier alpha value is -3.48. The normalized spacial score (nSPS) is 12.4. The van der Waals surface area contributed by atoms with Crippen LogP contribution in [0.2, 0.25) is 0 Å². The second-order valence-electron chi connectivity index (χ2n) is 6.74. The van der Waals surface area contributed by atoms with Crippen molar-refractivity contribution in [2.24, 2.45) is 0 Å². The summed E-state index contributed by atoms with van der Waals surface area (Å²) in [7, 11) is 4.58. The Bertz CT molecular complexity index is 1020. The molecule has 3 aromatic rings. The van der Waals surface area contributed by atoms with Gasteiger partial charge in [-0.25, -0.2) is 4.68 Å². The molecule has 0 saturated carbocycles. The third-order valence-electron chi connectivity index (χ3n) is 5.07. The van der Waals surface area contributed by atoms with Crippen molar-refractivity contribution in [1.29, 1.82) is 0 Å². The highest BCUT2D eigenvalue weighted by Crippen LogP contribution is 2.38. The predicted molar refractivity (Wildman–Crippen MR) is 110 cm³/mol. The number of rotatable bonds is 6. The average molecular weight is 393 g/mol. The quantitative estimate of drug-likeness (QED) is 0.692. The SMILES string of the molecule is COc1cc(C(=O)Nc2c3c(nn2-c2ccccc2)CCC3)cc(OC)c1OC. The van der Waals surface area contributed by atoms with Crippen molar-refractivity contribution in [2.45, 2.75) is 19.3 Å². The van der Waals surface area contributed by atoms with E-state index in [1.54, 1.807) is 16.8 Å². The van der Waals surface area contributed by atoms with E-state index in [4.69, 9.17) is 19.3 Å². The molecule has 4 rings (SSSR count). The first-order valence-electron chi connectivity index (χ1n) is 9.43. The minimum absolute atomic E-state index is 0.268. The van der Waals surface area contributed by atoms with Crippen molar-refractivity contribution in [1.82, 2.24) is 9.78 Å². The van der Waals surface area contributed by atoms with Crippen LogP contribution in [0.5, 0.6) is 17.2 Å². The van der Waals surface area contributed by atoms with E-state index < -0.39 is 0 Å². The molecule has 1 aliphatic rings. The van der Waals surface area contributed by atoms with Crippen LogP contribution < -0.4 is 19.5 Å². The van der Waals surface area contributed by atoms with Crippen molar-refractivity contribution in [3.63, 3.8) is 0 Å². The summed E-state index contributed by atoms with van der Waals surface area (Å²) in [5.74, 6) is 1.75. The minimum atomic E-state index is -0.268. The van der Waals surface area contributed by atoms with E-state index >= 15 is 0 Å². The molecular weight excluding hydrogens is 370 g/mol. The third kappa shape index (κ3) is 3.40. The average Bonchev–Trinajstić information content (AvgIpc) is 3.35. The number of nitrogens with zero attached hydrogens (tertiary/aromatic N) is 2. The fourth-order valence-electron chi connectivity index (χ4n) is 3.67. The molecule has 0 bridgehead atoms. The molecule has 0 unspecified atom stereocenters. The van der Waals surface area contributed by atoms with Crippen LogP contribution in [0.15, 0.2) is 42.5 Å². The third-order valence-corrected chi connectivity index (χ3v) is 5.07. The summed E-state index contributed by atoms with van der Waals surface area (Å²) in [5.41, 5.74) is 3.44. The van der Waals surface area contributed by atoms with Crippen molar-refractivity contribution in [3.8, 4) is 22.9 Å². The van der Waals surface area contributed by atoms with E-state index in [-0.39, 0.29) is 5.91 Å². The van der Waals surface area contributed by atoms with Crippen molar-refractivity contribution in [3.05, 3.63) is 59.3 Å². The number of carbonyl (C=O) groups excluding carboxylic acids is 1. The summed E-state index contributed by atoms with van der Waals surface area (Å²) in [4.78, 5) is 13.1. The zero-order chi connectivity index (χ0) is 20.4. The van der Waals surface area contributed by atoms with Crippen LogP contribution in [0.3, 0.4) is 0 Å². The second kappa shape index (κ2) is 7.87. The van der Waals surface area contributed by atoms with E-state index in [1.165, 1.54) is 21.3 Å². The minimum Gasteiger partial charge on any atom is -0.493 e. The van der Waals surface area contributed by atoms with Crippen molar-refractivity contribution >= 4 is 11.7 Å². The Kier molecular flexibility index (Phi) is 5.12. The number of benzene rings is 2. The van der Waals surface area contributed by atoms with Crippen molar-refractivity contribution < 1.29 is 19.0 Å². The van der Waals surface area contributed by atoms with Gasteiger partial charge in [-0.3, -0.25) is 4.79 Å². The maximum absolute atomic E-state index is 13.1. The smallest absolute Gasteiger partial charge is 0.257 e. The molecule has 1 aliphatic carbocycles. The molecule has 0 aliphatic heterocycles. The highest BCUT2D eigenvalue weighted by atomic mass is 16.5. The molecule has 150 valence electrons. The van der Waals surface area contributed by atoms with Gasteiger partial charge in [-0.05, 0) is 43.5 Å². The molecule has 0 spiro atoms. The fraction of sp³-hybridized carbons (Fsp3) is 0.273. The molecule has 2 aromatic carbocycles. The number of aromatic nitrogens is 2. The Morgan fingerprint density at radius 3 is 2.31 bits per heavy atom. The molecule has 1 heterocycles.